The first-order chi connectivity index (χ1) is 7.58. The summed E-state index contributed by atoms with van der Waals surface area (Å²) in [6, 6.07) is 4.57. The smallest absolute Gasteiger partial charge is 0.176 e. The molecule has 1 N–H and O–H groups in total. The fourth-order valence-electron chi connectivity index (χ4n) is 1.43. The number of benzene rings is 1. The lowest BCUT2D eigenvalue weighted by Crippen LogP contribution is -2.34. The molecule has 0 fully saturated rings. The van der Waals surface area contributed by atoms with Crippen molar-refractivity contribution in [1.82, 2.24) is 0 Å². The molecule has 0 saturated heterocycles. The second-order valence-corrected chi connectivity index (χ2v) is 4.31. The van der Waals surface area contributed by atoms with Crippen molar-refractivity contribution in [2.24, 2.45) is 0 Å². The van der Waals surface area contributed by atoms with E-state index in [0.717, 1.165) is 4.47 Å². The highest BCUT2D eigenvalue weighted by Gasteiger charge is 2.16. The van der Waals surface area contributed by atoms with Crippen molar-refractivity contribution in [2.45, 2.75) is 19.3 Å². The molecule has 1 unspecified atom stereocenters. The Bertz CT molecular complexity index is 345. The minimum Gasteiger partial charge on any atom is -0.375 e. The average Bonchev–Trinajstić information content (AvgIpc) is 2.25. The number of anilines is 1. The first-order valence-corrected chi connectivity index (χ1v) is 5.65. The lowest BCUT2D eigenvalue weighted by atomic mass is 10.2. The van der Waals surface area contributed by atoms with E-state index in [2.05, 4.69) is 21.2 Å². The van der Waals surface area contributed by atoms with Crippen LogP contribution in [0.15, 0.2) is 22.7 Å². The maximum Gasteiger partial charge on any atom is 0.176 e. The molecule has 0 aliphatic rings. The van der Waals surface area contributed by atoms with Gasteiger partial charge in [0.15, 0.2) is 6.29 Å². The van der Waals surface area contributed by atoms with Crippen LogP contribution in [0.4, 0.5) is 10.1 Å². The molecule has 0 radical (unpaired) electrons. The molecule has 1 atom stereocenters. The van der Waals surface area contributed by atoms with Crippen LogP contribution in [-0.2, 0) is 9.47 Å². The van der Waals surface area contributed by atoms with Crippen molar-refractivity contribution in [3.05, 3.63) is 28.5 Å². The molecule has 0 aliphatic heterocycles. The van der Waals surface area contributed by atoms with Crippen molar-refractivity contribution in [2.75, 3.05) is 19.5 Å². The highest BCUT2D eigenvalue weighted by Crippen LogP contribution is 2.21. The van der Waals surface area contributed by atoms with Gasteiger partial charge in [-0.25, -0.2) is 4.39 Å². The van der Waals surface area contributed by atoms with Crippen LogP contribution in [0.2, 0.25) is 0 Å². The summed E-state index contributed by atoms with van der Waals surface area (Å²) in [7, 11) is 3.09. The van der Waals surface area contributed by atoms with Gasteiger partial charge in [0.2, 0.25) is 0 Å². The molecule has 3 nitrogen and oxygen atoms in total. The molecule has 1 aromatic rings. The van der Waals surface area contributed by atoms with E-state index in [9.17, 15) is 4.39 Å². The Kier molecular flexibility index (Phi) is 5.18. The summed E-state index contributed by atoms with van der Waals surface area (Å²) in [6.45, 7) is 1.86. The first kappa shape index (κ1) is 13.4. The van der Waals surface area contributed by atoms with E-state index >= 15 is 0 Å². The molecule has 0 bridgehead atoms. The van der Waals surface area contributed by atoms with E-state index in [1.165, 1.54) is 6.07 Å². The Balaban J connectivity index is 2.75. The second kappa shape index (κ2) is 6.18. The highest BCUT2D eigenvalue weighted by molar-refractivity contribution is 9.10. The molecule has 0 saturated carbocycles. The monoisotopic (exact) mass is 291 g/mol. The number of hydrogen-bond donors (Lipinski definition) is 1. The van der Waals surface area contributed by atoms with Crippen molar-refractivity contribution in [1.29, 1.82) is 0 Å². The predicted molar refractivity (Wildman–Crippen MR) is 65.0 cm³/mol. The van der Waals surface area contributed by atoms with Crippen LogP contribution in [0.5, 0.6) is 0 Å². The Morgan fingerprint density at radius 3 is 2.50 bits per heavy atom. The van der Waals surface area contributed by atoms with Gasteiger partial charge in [0, 0.05) is 18.7 Å². The Morgan fingerprint density at radius 1 is 1.31 bits per heavy atom. The van der Waals surface area contributed by atoms with E-state index in [4.69, 9.17) is 9.47 Å². The summed E-state index contributed by atoms with van der Waals surface area (Å²) in [5, 5.41) is 3.00. The fourth-order valence-corrected chi connectivity index (χ4v) is 1.79. The van der Waals surface area contributed by atoms with Gasteiger partial charge in [0.05, 0.1) is 11.7 Å². The maximum atomic E-state index is 13.4. The van der Waals surface area contributed by atoms with Crippen LogP contribution in [-0.4, -0.2) is 26.6 Å². The molecule has 16 heavy (non-hydrogen) atoms. The number of rotatable bonds is 5. The van der Waals surface area contributed by atoms with E-state index in [1.807, 2.05) is 6.92 Å². The van der Waals surface area contributed by atoms with E-state index in [0.29, 0.717) is 5.69 Å². The van der Waals surface area contributed by atoms with Gasteiger partial charge >= 0.3 is 0 Å². The zero-order valence-electron chi connectivity index (χ0n) is 9.46. The molecule has 0 amide bonds. The second-order valence-electron chi connectivity index (χ2n) is 3.40. The highest BCUT2D eigenvalue weighted by atomic mass is 79.9. The van der Waals surface area contributed by atoms with Crippen molar-refractivity contribution >= 4 is 21.6 Å². The van der Waals surface area contributed by atoms with E-state index in [-0.39, 0.29) is 11.9 Å². The molecule has 0 spiro atoms. The minimum absolute atomic E-state index is 0.154. The molecule has 1 aromatic carbocycles. The van der Waals surface area contributed by atoms with E-state index in [1.54, 1.807) is 26.4 Å². The molecule has 1 rings (SSSR count). The molecule has 0 heterocycles. The normalized spacial score (nSPS) is 12.9. The molecular formula is C11H15BrFNO2. The molecular weight excluding hydrogens is 277 g/mol. The van der Waals surface area contributed by atoms with Gasteiger partial charge in [-0.15, -0.1) is 0 Å². The summed E-state index contributed by atoms with van der Waals surface area (Å²) < 4.78 is 24.4. The Labute approximate surface area is 103 Å². The van der Waals surface area contributed by atoms with E-state index < -0.39 is 6.29 Å². The topological polar surface area (TPSA) is 30.5 Å². The summed E-state index contributed by atoms with van der Waals surface area (Å²) in [6.07, 6.45) is -0.418. The first-order valence-electron chi connectivity index (χ1n) is 4.85. The third-order valence-corrected chi connectivity index (χ3v) is 2.68. The zero-order valence-corrected chi connectivity index (χ0v) is 11.0. The molecule has 5 heteroatoms. The molecule has 0 aromatic heterocycles. The lowest BCUT2D eigenvalue weighted by Gasteiger charge is -2.23. The van der Waals surface area contributed by atoms with Crippen LogP contribution in [0.3, 0.4) is 0 Å². The number of methoxy groups -OCH3 is 2. The van der Waals surface area contributed by atoms with Crippen molar-refractivity contribution in [3.63, 3.8) is 0 Å². The van der Waals surface area contributed by atoms with Crippen LogP contribution in [0, 0.1) is 5.82 Å². The van der Waals surface area contributed by atoms with Crippen LogP contribution >= 0.6 is 15.9 Å². The van der Waals surface area contributed by atoms with Gasteiger partial charge < -0.3 is 14.8 Å². The predicted octanol–water partition coefficient (Wildman–Crippen LogP) is 3.01. The third-order valence-electron chi connectivity index (χ3n) is 2.18. The summed E-state index contributed by atoms with van der Waals surface area (Å²) >= 11 is 3.29. The Morgan fingerprint density at radius 2 is 1.94 bits per heavy atom. The lowest BCUT2D eigenvalue weighted by molar-refractivity contribution is -0.109. The third kappa shape index (κ3) is 3.43. The largest absolute Gasteiger partial charge is 0.375 e. The van der Waals surface area contributed by atoms with Crippen LogP contribution < -0.4 is 5.32 Å². The summed E-state index contributed by atoms with van der Waals surface area (Å²) in [4.78, 5) is 0. The van der Waals surface area contributed by atoms with Gasteiger partial charge in [-0.05, 0) is 25.1 Å². The van der Waals surface area contributed by atoms with Gasteiger partial charge in [-0.3, -0.25) is 0 Å². The van der Waals surface area contributed by atoms with Crippen LogP contribution in [0.25, 0.3) is 0 Å². The maximum absolute atomic E-state index is 13.4. The minimum atomic E-state index is -0.418. The quantitative estimate of drug-likeness (QED) is 0.846. The average molecular weight is 292 g/mol. The van der Waals surface area contributed by atoms with Gasteiger partial charge in [-0.1, -0.05) is 15.9 Å². The van der Waals surface area contributed by atoms with Crippen molar-refractivity contribution < 1.29 is 13.9 Å². The zero-order chi connectivity index (χ0) is 12.1. The Hall–Kier alpha value is -0.650. The fraction of sp³-hybridized carbons (Fsp3) is 0.455. The molecule has 90 valence electrons. The van der Waals surface area contributed by atoms with Crippen LogP contribution in [0.1, 0.15) is 6.92 Å². The van der Waals surface area contributed by atoms with Crippen molar-refractivity contribution in [3.8, 4) is 0 Å². The standard InChI is InChI=1S/C11H15BrFNO2/c1-7(11(15-2)16-3)14-10-6-8(12)4-5-9(10)13/h4-7,11,14H,1-3H3. The van der Waals surface area contributed by atoms with Gasteiger partial charge in [0.25, 0.3) is 0 Å². The summed E-state index contributed by atoms with van der Waals surface area (Å²) in [5.41, 5.74) is 0.418. The van der Waals surface area contributed by atoms with Gasteiger partial charge in [0.1, 0.15) is 5.82 Å². The van der Waals surface area contributed by atoms with Gasteiger partial charge in [-0.2, -0.15) is 0 Å². The summed E-state index contributed by atoms with van der Waals surface area (Å²) in [5.74, 6) is -0.305. The number of hydrogen-bond acceptors (Lipinski definition) is 3. The number of ether oxygens (including phenoxy) is 2. The molecule has 0 aliphatic carbocycles. The SMILES string of the molecule is COC(OC)C(C)Nc1cc(Br)ccc1F. The number of halogens is 2. The number of nitrogens with one attached hydrogen (secondary N) is 1.